The molecule has 0 unspecified atom stereocenters. The Balaban J connectivity index is 2.83. The third kappa shape index (κ3) is 2.46. The maximum atomic E-state index is 13.0. The molecule has 5 heteroatoms. The van der Waals surface area contributed by atoms with E-state index in [1.807, 2.05) is 0 Å². The fourth-order valence-electron chi connectivity index (χ4n) is 2.48. The van der Waals surface area contributed by atoms with E-state index in [1.54, 1.807) is 34.6 Å². The summed E-state index contributed by atoms with van der Waals surface area (Å²) in [7, 11) is -3.83. The average molecular weight is 320 g/mol. The van der Waals surface area contributed by atoms with E-state index in [0.29, 0.717) is 22.3 Å². The molecule has 2 aromatic rings. The van der Waals surface area contributed by atoms with Gasteiger partial charge >= 0.3 is 0 Å². The maximum absolute atomic E-state index is 13.0. The van der Waals surface area contributed by atoms with Crippen LogP contribution in [-0.2, 0) is 9.84 Å². The van der Waals surface area contributed by atoms with Gasteiger partial charge in [0.2, 0.25) is 9.84 Å². The quantitative estimate of drug-likeness (QED) is 0.888. The van der Waals surface area contributed by atoms with Crippen molar-refractivity contribution in [1.29, 1.82) is 0 Å². The Morgan fingerprint density at radius 3 is 1.77 bits per heavy atom. The van der Waals surface area contributed by atoms with Crippen molar-refractivity contribution in [3.8, 4) is 11.5 Å². The molecule has 0 bridgehead atoms. The van der Waals surface area contributed by atoms with Crippen LogP contribution < -0.4 is 0 Å². The van der Waals surface area contributed by atoms with Crippen LogP contribution in [0.1, 0.15) is 27.8 Å². The zero-order valence-electron chi connectivity index (χ0n) is 13.4. The van der Waals surface area contributed by atoms with E-state index in [9.17, 15) is 18.6 Å². The van der Waals surface area contributed by atoms with Crippen LogP contribution >= 0.6 is 0 Å². The van der Waals surface area contributed by atoms with Crippen LogP contribution in [0, 0.1) is 34.6 Å². The van der Waals surface area contributed by atoms with Gasteiger partial charge in [-0.3, -0.25) is 0 Å². The van der Waals surface area contributed by atoms with Crippen molar-refractivity contribution in [2.24, 2.45) is 0 Å². The summed E-state index contributed by atoms with van der Waals surface area (Å²) >= 11 is 0. The molecule has 118 valence electrons. The SMILES string of the molecule is Cc1cc(O)c(C)c(S(=O)(=O)c2cc(O)c(C)c(C)c2C)c1. The summed E-state index contributed by atoms with van der Waals surface area (Å²) in [6.07, 6.45) is 0. The lowest BCUT2D eigenvalue weighted by molar-refractivity contribution is 0.467. The van der Waals surface area contributed by atoms with Crippen molar-refractivity contribution < 1.29 is 18.6 Å². The number of rotatable bonds is 2. The lowest BCUT2D eigenvalue weighted by Crippen LogP contribution is -2.08. The lowest BCUT2D eigenvalue weighted by atomic mass is 10.0. The van der Waals surface area contributed by atoms with Crippen LogP contribution in [0.25, 0.3) is 0 Å². The topological polar surface area (TPSA) is 74.6 Å². The molecular formula is C17H20O4S. The summed E-state index contributed by atoms with van der Waals surface area (Å²) in [4.78, 5) is 0.136. The Labute approximate surface area is 131 Å². The standard InChI is InChI=1S/C17H20O4S/c1-9-6-14(18)13(5)16(7-9)22(20,21)17-8-15(19)11(3)10(2)12(17)4/h6-8,18-19H,1-5H3. The molecule has 0 saturated heterocycles. The average Bonchev–Trinajstić information content (AvgIpc) is 2.44. The normalized spacial score (nSPS) is 11.7. The van der Waals surface area contributed by atoms with Gasteiger partial charge in [-0.1, -0.05) is 0 Å². The van der Waals surface area contributed by atoms with E-state index >= 15 is 0 Å². The molecule has 0 aliphatic heterocycles. The van der Waals surface area contributed by atoms with Gasteiger partial charge in [0.1, 0.15) is 11.5 Å². The van der Waals surface area contributed by atoms with Crippen LogP contribution in [0.4, 0.5) is 0 Å². The minimum Gasteiger partial charge on any atom is -0.508 e. The van der Waals surface area contributed by atoms with E-state index in [-0.39, 0.29) is 21.3 Å². The van der Waals surface area contributed by atoms with Crippen molar-refractivity contribution in [3.63, 3.8) is 0 Å². The second-order valence-electron chi connectivity index (χ2n) is 5.68. The zero-order chi connectivity index (χ0) is 16.8. The predicted molar refractivity (Wildman–Crippen MR) is 85.4 cm³/mol. The number of aryl methyl sites for hydroxylation is 1. The van der Waals surface area contributed by atoms with Gasteiger partial charge in [-0.2, -0.15) is 0 Å². The lowest BCUT2D eigenvalue weighted by Gasteiger charge is -2.16. The monoisotopic (exact) mass is 320 g/mol. The number of aromatic hydroxyl groups is 2. The Bertz CT molecular complexity index is 865. The first-order valence-electron chi connectivity index (χ1n) is 6.92. The molecule has 0 aliphatic rings. The summed E-state index contributed by atoms with van der Waals surface area (Å²) in [6, 6.07) is 4.35. The van der Waals surface area contributed by atoms with E-state index in [1.165, 1.54) is 18.2 Å². The Hall–Kier alpha value is -2.01. The smallest absolute Gasteiger partial charge is 0.207 e. The largest absolute Gasteiger partial charge is 0.508 e. The second-order valence-corrected chi connectivity index (χ2v) is 7.57. The van der Waals surface area contributed by atoms with Crippen molar-refractivity contribution >= 4 is 9.84 Å². The molecular weight excluding hydrogens is 300 g/mol. The summed E-state index contributed by atoms with van der Waals surface area (Å²) in [5.74, 6) is -0.0968. The van der Waals surface area contributed by atoms with E-state index in [0.717, 1.165) is 5.56 Å². The molecule has 0 saturated carbocycles. The number of phenols is 2. The van der Waals surface area contributed by atoms with E-state index in [2.05, 4.69) is 0 Å². The van der Waals surface area contributed by atoms with Gasteiger partial charge in [-0.15, -0.1) is 0 Å². The highest BCUT2D eigenvalue weighted by atomic mass is 32.2. The Morgan fingerprint density at radius 2 is 1.18 bits per heavy atom. The van der Waals surface area contributed by atoms with Gasteiger partial charge in [0.15, 0.2) is 0 Å². The third-order valence-corrected chi connectivity index (χ3v) is 6.21. The third-order valence-electron chi connectivity index (χ3n) is 4.20. The first kappa shape index (κ1) is 16.4. The first-order valence-corrected chi connectivity index (χ1v) is 8.40. The minimum atomic E-state index is -3.83. The van der Waals surface area contributed by atoms with Gasteiger partial charge in [0.25, 0.3) is 0 Å². The highest BCUT2D eigenvalue weighted by molar-refractivity contribution is 7.91. The summed E-state index contributed by atoms with van der Waals surface area (Å²) < 4.78 is 25.9. The molecule has 0 radical (unpaired) electrons. The van der Waals surface area contributed by atoms with Crippen molar-refractivity contribution in [1.82, 2.24) is 0 Å². The molecule has 4 nitrogen and oxygen atoms in total. The molecule has 0 heterocycles. The van der Waals surface area contributed by atoms with Gasteiger partial charge in [0, 0.05) is 5.56 Å². The molecule has 0 atom stereocenters. The van der Waals surface area contributed by atoms with Crippen LogP contribution in [0.2, 0.25) is 0 Å². The summed E-state index contributed by atoms with van der Waals surface area (Å²) in [5, 5.41) is 19.9. The number of hydrogen-bond donors (Lipinski definition) is 2. The predicted octanol–water partition coefficient (Wildman–Crippen LogP) is 3.47. The van der Waals surface area contributed by atoms with Crippen LogP contribution in [0.3, 0.4) is 0 Å². The summed E-state index contributed by atoms with van der Waals surface area (Å²) in [6.45, 7) is 8.54. The number of benzene rings is 2. The van der Waals surface area contributed by atoms with E-state index < -0.39 is 9.84 Å². The number of hydrogen-bond acceptors (Lipinski definition) is 4. The minimum absolute atomic E-state index is 0.0452. The van der Waals surface area contributed by atoms with Crippen LogP contribution in [-0.4, -0.2) is 18.6 Å². The van der Waals surface area contributed by atoms with Crippen molar-refractivity contribution in [3.05, 3.63) is 46.0 Å². The number of phenolic OH excluding ortho intramolecular Hbond substituents is 2. The van der Waals surface area contributed by atoms with Gasteiger partial charge < -0.3 is 10.2 Å². The molecule has 0 aromatic heterocycles. The molecule has 0 aliphatic carbocycles. The molecule has 2 rings (SSSR count). The Kier molecular flexibility index (Phi) is 3.96. The van der Waals surface area contributed by atoms with Crippen molar-refractivity contribution in [2.75, 3.05) is 0 Å². The van der Waals surface area contributed by atoms with Gasteiger partial charge in [0.05, 0.1) is 9.79 Å². The molecule has 0 fully saturated rings. The highest BCUT2D eigenvalue weighted by Crippen LogP contribution is 2.35. The molecule has 2 N–H and O–H groups in total. The molecule has 0 spiro atoms. The maximum Gasteiger partial charge on any atom is 0.207 e. The van der Waals surface area contributed by atoms with E-state index in [4.69, 9.17) is 0 Å². The van der Waals surface area contributed by atoms with Gasteiger partial charge in [-0.25, -0.2) is 8.42 Å². The van der Waals surface area contributed by atoms with Gasteiger partial charge in [-0.05, 0) is 75.1 Å². The van der Waals surface area contributed by atoms with Crippen LogP contribution in [0.5, 0.6) is 11.5 Å². The molecule has 0 amide bonds. The first-order chi connectivity index (χ1) is 10.1. The fraction of sp³-hybridized carbons (Fsp3) is 0.294. The second kappa shape index (κ2) is 5.32. The van der Waals surface area contributed by atoms with Crippen molar-refractivity contribution in [2.45, 2.75) is 44.4 Å². The summed E-state index contributed by atoms with van der Waals surface area (Å²) in [5.41, 5.74) is 2.99. The highest BCUT2D eigenvalue weighted by Gasteiger charge is 2.26. The number of sulfone groups is 1. The Morgan fingerprint density at radius 1 is 0.682 bits per heavy atom. The zero-order valence-corrected chi connectivity index (χ0v) is 14.2. The molecule has 22 heavy (non-hydrogen) atoms. The molecule has 2 aromatic carbocycles. The van der Waals surface area contributed by atoms with Crippen LogP contribution in [0.15, 0.2) is 28.0 Å². The fourth-order valence-corrected chi connectivity index (χ4v) is 4.39.